The molecule has 102 valence electrons. The Balaban J connectivity index is 2.40. The fourth-order valence-electron chi connectivity index (χ4n) is 1.62. The van der Waals surface area contributed by atoms with Crippen molar-refractivity contribution in [3.63, 3.8) is 0 Å². The summed E-state index contributed by atoms with van der Waals surface area (Å²) < 4.78 is 18.7. The van der Waals surface area contributed by atoms with Crippen LogP contribution in [0.25, 0.3) is 0 Å². The van der Waals surface area contributed by atoms with E-state index in [4.69, 9.17) is 15.6 Å². The number of halogens is 1. The molecule has 0 aliphatic heterocycles. The molecule has 0 unspecified atom stereocenters. The average Bonchev–Trinajstić information content (AvgIpc) is 2.38. The van der Waals surface area contributed by atoms with E-state index in [1.165, 1.54) is 24.3 Å². The minimum Gasteiger partial charge on any atom is -0.478 e. The molecule has 0 saturated heterocycles. The highest BCUT2D eigenvalue weighted by Gasteiger charge is 2.12. The summed E-state index contributed by atoms with van der Waals surface area (Å²) in [5.41, 5.74) is 4.93. The van der Waals surface area contributed by atoms with Gasteiger partial charge in [-0.1, -0.05) is 12.1 Å². The number of carbonyl (C=O) groups is 2. The summed E-state index contributed by atoms with van der Waals surface area (Å²) in [7, 11) is 0. The van der Waals surface area contributed by atoms with E-state index in [1.54, 1.807) is 6.07 Å². The minimum absolute atomic E-state index is 0.00694. The maximum atomic E-state index is 13.3. The molecule has 6 heteroatoms. The first kappa shape index (κ1) is 13.5. The molecule has 3 N–H and O–H groups in total. The molecule has 2 aromatic rings. The van der Waals surface area contributed by atoms with Crippen LogP contribution in [0.5, 0.6) is 11.5 Å². The molecule has 0 aromatic heterocycles. The van der Waals surface area contributed by atoms with E-state index in [-0.39, 0.29) is 22.6 Å². The largest absolute Gasteiger partial charge is 0.478 e. The Morgan fingerprint density at radius 3 is 2.50 bits per heavy atom. The van der Waals surface area contributed by atoms with Crippen LogP contribution in [0.2, 0.25) is 0 Å². The average molecular weight is 275 g/mol. The number of benzene rings is 2. The number of carbonyl (C=O) groups excluding carboxylic acids is 1. The number of nitrogens with two attached hydrogens (primary N) is 1. The van der Waals surface area contributed by atoms with Gasteiger partial charge in [0.15, 0.2) is 0 Å². The predicted octanol–water partition coefficient (Wildman–Crippen LogP) is 2.42. The molecular weight excluding hydrogens is 265 g/mol. The van der Waals surface area contributed by atoms with Crippen molar-refractivity contribution in [1.82, 2.24) is 0 Å². The molecule has 0 spiro atoms. The smallest absolute Gasteiger partial charge is 0.339 e. The number of amides is 1. The SMILES string of the molecule is NC(=O)c1cc(F)cc(Oc2ccccc2C(=O)O)c1. The van der Waals surface area contributed by atoms with Crippen molar-refractivity contribution in [2.45, 2.75) is 0 Å². The number of carboxylic acid groups (broad SMARTS) is 1. The van der Waals surface area contributed by atoms with Gasteiger partial charge in [0.25, 0.3) is 0 Å². The molecule has 2 rings (SSSR count). The van der Waals surface area contributed by atoms with E-state index in [2.05, 4.69) is 0 Å². The van der Waals surface area contributed by atoms with E-state index in [0.717, 1.165) is 12.1 Å². The first-order valence-electron chi connectivity index (χ1n) is 5.58. The third-order valence-corrected chi connectivity index (χ3v) is 2.50. The number of hydrogen-bond acceptors (Lipinski definition) is 3. The van der Waals surface area contributed by atoms with Crippen molar-refractivity contribution >= 4 is 11.9 Å². The van der Waals surface area contributed by atoms with Crippen molar-refractivity contribution < 1.29 is 23.8 Å². The molecule has 0 aliphatic rings. The summed E-state index contributed by atoms with van der Waals surface area (Å²) in [5, 5.41) is 9.01. The van der Waals surface area contributed by atoms with Crippen molar-refractivity contribution in [3.05, 3.63) is 59.4 Å². The topological polar surface area (TPSA) is 89.6 Å². The van der Waals surface area contributed by atoms with Crippen LogP contribution in [-0.2, 0) is 0 Å². The second-order valence-electron chi connectivity index (χ2n) is 3.94. The molecule has 0 heterocycles. The number of rotatable bonds is 4. The molecule has 5 nitrogen and oxygen atoms in total. The van der Waals surface area contributed by atoms with Gasteiger partial charge < -0.3 is 15.6 Å². The molecular formula is C14H10FNO4. The number of aromatic carboxylic acids is 1. The minimum atomic E-state index is -1.17. The number of carboxylic acids is 1. The highest BCUT2D eigenvalue weighted by Crippen LogP contribution is 2.26. The maximum absolute atomic E-state index is 13.3. The van der Waals surface area contributed by atoms with Gasteiger partial charge in [-0.2, -0.15) is 0 Å². The zero-order chi connectivity index (χ0) is 14.7. The molecule has 0 saturated carbocycles. The third-order valence-electron chi connectivity index (χ3n) is 2.50. The van der Waals surface area contributed by atoms with Crippen molar-refractivity contribution in [2.75, 3.05) is 0 Å². The Morgan fingerprint density at radius 1 is 1.15 bits per heavy atom. The lowest BCUT2D eigenvalue weighted by molar-refractivity contribution is 0.0694. The maximum Gasteiger partial charge on any atom is 0.339 e. The van der Waals surface area contributed by atoms with Crippen LogP contribution in [0.3, 0.4) is 0 Å². The zero-order valence-electron chi connectivity index (χ0n) is 10.2. The molecule has 0 bridgehead atoms. The predicted molar refractivity (Wildman–Crippen MR) is 68.4 cm³/mol. The summed E-state index contributed by atoms with van der Waals surface area (Å²) in [6.07, 6.45) is 0. The Labute approximate surface area is 113 Å². The van der Waals surface area contributed by atoms with E-state index in [1.807, 2.05) is 0 Å². The Bertz CT molecular complexity index is 685. The standard InChI is InChI=1S/C14H10FNO4/c15-9-5-8(13(16)17)6-10(7-9)20-12-4-2-1-3-11(12)14(18)19/h1-7H,(H2,16,17)(H,18,19). The molecule has 0 fully saturated rings. The van der Waals surface area contributed by atoms with E-state index in [0.29, 0.717) is 0 Å². The van der Waals surface area contributed by atoms with E-state index in [9.17, 15) is 14.0 Å². The van der Waals surface area contributed by atoms with Gasteiger partial charge in [-0.3, -0.25) is 4.79 Å². The molecule has 1 amide bonds. The summed E-state index contributed by atoms with van der Waals surface area (Å²) in [6.45, 7) is 0. The van der Waals surface area contributed by atoms with Gasteiger partial charge in [-0.05, 0) is 24.3 Å². The monoisotopic (exact) mass is 275 g/mol. The lowest BCUT2D eigenvalue weighted by Crippen LogP contribution is -2.11. The normalized spacial score (nSPS) is 10.1. The summed E-state index contributed by atoms with van der Waals surface area (Å²) >= 11 is 0. The Hall–Kier alpha value is -2.89. The number of ether oxygens (including phenoxy) is 1. The fraction of sp³-hybridized carbons (Fsp3) is 0. The van der Waals surface area contributed by atoms with Gasteiger partial charge in [0, 0.05) is 11.6 Å². The molecule has 0 atom stereocenters. The van der Waals surface area contributed by atoms with E-state index < -0.39 is 17.7 Å². The van der Waals surface area contributed by atoms with Crippen molar-refractivity contribution in [3.8, 4) is 11.5 Å². The third kappa shape index (κ3) is 2.92. The molecule has 2 aromatic carbocycles. The van der Waals surface area contributed by atoms with Crippen LogP contribution in [0.4, 0.5) is 4.39 Å². The second-order valence-corrected chi connectivity index (χ2v) is 3.94. The second kappa shape index (κ2) is 5.40. The Morgan fingerprint density at radius 2 is 1.85 bits per heavy atom. The van der Waals surface area contributed by atoms with Gasteiger partial charge in [-0.25, -0.2) is 9.18 Å². The van der Waals surface area contributed by atoms with Crippen LogP contribution in [0.15, 0.2) is 42.5 Å². The highest BCUT2D eigenvalue weighted by atomic mass is 19.1. The van der Waals surface area contributed by atoms with Gasteiger partial charge >= 0.3 is 5.97 Å². The van der Waals surface area contributed by atoms with Crippen molar-refractivity contribution in [2.24, 2.45) is 5.73 Å². The lowest BCUT2D eigenvalue weighted by atomic mass is 10.2. The van der Waals surface area contributed by atoms with Gasteiger partial charge in [0.2, 0.25) is 5.91 Å². The summed E-state index contributed by atoms with van der Waals surface area (Å²) in [6, 6.07) is 9.14. The van der Waals surface area contributed by atoms with Crippen LogP contribution < -0.4 is 10.5 Å². The number of primary amides is 1. The fourth-order valence-corrected chi connectivity index (χ4v) is 1.62. The Kier molecular flexibility index (Phi) is 3.65. The highest BCUT2D eigenvalue weighted by molar-refractivity contribution is 5.93. The molecule has 20 heavy (non-hydrogen) atoms. The summed E-state index contributed by atoms with van der Waals surface area (Å²) in [5.74, 6) is -2.65. The van der Waals surface area contributed by atoms with Gasteiger partial charge in [-0.15, -0.1) is 0 Å². The molecule has 0 aliphatic carbocycles. The quantitative estimate of drug-likeness (QED) is 0.896. The first-order chi connectivity index (χ1) is 9.47. The van der Waals surface area contributed by atoms with Crippen LogP contribution >= 0.6 is 0 Å². The van der Waals surface area contributed by atoms with Crippen LogP contribution in [0, 0.1) is 5.82 Å². The summed E-state index contributed by atoms with van der Waals surface area (Å²) in [4.78, 5) is 22.1. The number of hydrogen-bond donors (Lipinski definition) is 2. The van der Waals surface area contributed by atoms with Gasteiger partial charge in [0.05, 0.1) is 0 Å². The van der Waals surface area contributed by atoms with Crippen LogP contribution in [-0.4, -0.2) is 17.0 Å². The zero-order valence-corrected chi connectivity index (χ0v) is 10.2. The van der Waals surface area contributed by atoms with E-state index >= 15 is 0 Å². The van der Waals surface area contributed by atoms with Crippen molar-refractivity contribution in [1.29, 1.82) is 0 Å². The number of para-hydroxylation sites is 1. The first-order valence-corrected chi connectivity index (χ1v) is 5.58. The lowest BCUT2D eigenvalue weighted by Gasteiger charge is -2.09. The molecule has 0 radical (unpaired) electrons. The van der Waals surface area contributed by atoms with Crippen LogP contribution in [0.1, 0.15) is 20.7 Å². The van der Waals surface area contributed by atoms with Gasteiger partial charge in [0.1, 0.15) is 22.9 Å².